The summed E-state index contributed by atoms with van der Waals surface area (Å²) in [5.74, 6) is 0.143. The number of nitrogens with zero attached hydrogens (tertiary/aromatic N) is 3. The van der Waals surface area contributed by atoms with Crippen LogP contribution >= 0.6 is 34.2 Å². The van der Waals surface area contributed by atoms with Crippen molar-refractivity contribution in [2.24, 2.45) is 0 Å². The second-order valence-electron chi connectivity index (χ2n) is 6.14. The van der Waals surface area contributed by atoms with Crippen molar-refractivity contribution < 1.29 is 9.50 Å². The van der Waals surface area contributed by atoms with E-state index in [1.54, 1.807) is 18.5 Å². The second kappa shape index (κ2) is 7.53. The van der Waals surface area contributed by atoms with Crippen molar-refractivity contribution >= 4 is 45.2 Å². The van der Waals surface area contributed by atoms with Crippen molar-refractivity contribution in [1.29, 1.82) is 0 Å². The second-order valence-corrected chi connectivity index (χ2v) is 7.80. The molecule has 0 fully saturated rings. The summed E-state index contributed by atoms with van der Waals surface area (Å²) in [6, 6.07) is 12.9. The van der Waals surface area contributed by atoms with Gasteiger partial charge >= 0.3 is 0 Å². The van der Waals surface area contributed by atoms with Crippen molar-refractivity contribution in [3.05, 3.63) is 80.4 Å². The largest absolute Gasteiger partial charge is 0.392 e. The van der Waals surface area contributed by atoms with Gasteiger partial charge in [-0.1, -0.05) is 23.7 Å². The van der Waals surface area contributed by atoms with Crippen LogP contribution in [0.2, 0.25) is 5.02 Å². The lowest BCUT2D eigenvalue weighted by Crippen LogP contribution is -2.03. The van der Waals surface area contributed by atoms with Gasteiger partial charge in [-0.25, -0.2) is 9.37 Å². The highest BCUT2D eigenvalue weighted by Crippen LogP contribution is 2.29. The van der Waals surface area contributed by atoms with E-state index in [4.69, 9.17) is 11.6 Å². The van der Waals surface area contributed by atoms with Crippen molar-refractivity contribution in [3.63, 3.8) is 0 Å². The third kappa shape index (κ3) is 3.69. The van der Waals surface area contributed by atoms with E-state index >= 15 is 0 Å². The van der Waals surface area contributed by atoms with Crippen LogP contribution in [0.15, 0.2) is 54.9 Å². The molecule has 136 valence electrons. The van der Waals surface area contributed by atoms with Crippen LogP contribution in [0.1, 0.15) is 11.1 Å². The number of benzene rings is 2. The monoisotopic (exact) mass is 493 g/mol. The van der Waals surface area contributed by atoms with Gasteiger partial charge in [0.2, 0.25) is 0 Å². The van der Waals surface area contributed by atoms with Gasteiger partial charge in [-0.05, 0) is 58.0 Å². The molecule has 2 aromatic heterocycles. The molecule has 0 atom stereocenters. The topological polar surface area (TPSA) is 50.9 Å². The number of halogens is 3. The van der Waals surface area contributed by atoms with Crippen molar-refractivity contribution in [3.8, 4) is 11.4 Å². The normalized spacial score (nSPS) is 11.3. The molecule has 7 heteroatoms. The van der Waals surface area contributed by atoms with Crippen LogP contribution in [0.25, 0.3) is 22.4 Å². The van der Waals surface area contributed by atoms with Gasteiger partial charge in [0.25, 0.3) is 0 Å². The van der Waals surface area contributed by atoms with Gasteiger partial charge in [0, 0.05) is 34.1 Å². The molecule has 0 unspecified atom stereocenters. The first-order valence-electron chi connectivity index (χ1n) is 8.20. The third-order valence-electron chi connectivity index (χ3n) is 4.28. The Morgan fingerprint density at radius 1 is 1.07 bits per heavy atom. The summed E-state index contributed by atoms with van der Waals surface area (Å²) in [6.07, 6.45) is 3.29. The average Bonchev–Trinajstić information content (AvgIpc) is 3.01. The Kier molecular flexibility index (Phi) is 5.12. The molecule has 0 saturated carbocycles. The molecule has 0 amide bonds. The van der Waals surface area contributed by atoms with E-state index in [9.17, 15) is 9.50 Å². The lowest BCUT2D eigenvalue weighted by atomic mass is 10.2. The molecular weight excluding hydrogens is 480 g/mol. The minimum atomic E-state index is -0.503. The predicted molar refractivity (Wildman–Crippen MR) is 112 cm³/mol. The van der Waals surface area contributed by atoms with Crippen molar-refractivity contribution in [2.75, 3.05) is 0 Å². The quantitative estimate of drug-likeness (QED) is 0.406. The molecule has 0 radical (unpaired) electrons. The first kappa shape index (κ1) is 18.3. The number of imidazole rings is 1. The molecule has 4 rings (SSSR count). The molecule has 1 N–H and O–H groups in total. The van der Waals surface area contributed by atoms with Gasteiger partial charge in [0.15, 0.2) is 0 Å². The molecule has 27 heavy (non-hydrogen) atoms. The number of fused-ring (bicyclic) bond motifs is 1. The highest BCUT2D eigenvalue weighted by atomic mass is 127. The summed E-state index contributed by atoms with van der Waals surface area (Å²) in [5.41, 5.74) is 3.78. The van der Waals surface area contributed by atoms with E-state index in [1.807, 2.05) is 34.9 Å². The zero-order chi connectivity index (χ0) is 19.0. The molecule has 0 aliphatic carbocycles. The molecule has 2 heterocycles. The molecular formula is C20H14ClFIN3O. The van der Waals surface area contributed by atoms with Crippen LogP contribution in [0.3, 0.4) is 0 Å². The van der Waals surface area contributed by atoms with E-state index in [0.29, 0.717) is 23.4 Å². The number of pyridine rings is 1. The Labute approximate surface area is 173 Å². The van der Waals surface area contributed by atoms with E-state index in [1.165, 1.54) is 6.07 Å². The van der Waals surface area contributed by atoms with Gasteiger partial charge in [-0.15, -0.1) is 0 Å². The van der Waals surface area contributed by atoms with Gasteiger partial charge in [-0.3, -0.25) is 4.98 Å². The number of aromatic nitrogens is 3. The zero-order valence-electron chi connectivity index (χ0n) is 14.0. The van der Waals surface area contributed by atoms with Crippen LogP contribution in [0.5, 0.6) is 0 Å². The van der Waals surface area contributed by atoms with E-state index in [0.717, 1.165) is 20.2 Å². The fraction of sp³-hybridized carbons (Fsp3) is 0.100. The maximum atomic E-state index is 14.0. The molecule has 0 bridgehead atoms. The average molecular weight is 494 g/mol. The third-order valence-corrected chi connectivity index (χ3v) is 5.29. The van der Waals surface area contributed by atoms with Crippen LogP contribution in [-0.2, 0) is 13.2 Å². The molecule has 0 spiro atoms. The van der Waals surface area contributed by atoms with Gasteiger partial charge < -0.3 is 9.67 Å². The molecule has 4 nitrogen and oxygen atoms in total. The summed E-state index contributed by atoms with van der Waals surface area (Å²) >= 11 is 8.29. The Morgan fingerprint density at radius 3 is 2.59 bits per heavy atom. The van der Waals surface area contributed by atoms with Crippen LogP contribution in [-0.4, -0.2) is 19.6 Å². The van der Waals surface area contributed by atoms with Crippen LogP contribution < -0.4 is 0 Å². The Hall–Kier alpha value is -2.03. The smallest absolute Gasteiger partial charge is 0.144 e. The summed E-state index contributed by atoms with van der Waals surface area (Å²) in [7, 11) is 0. The van der Waals surface area contributed by atoms with Crippen molar-refractivity contribution in [1.82, 2.24) is 14.5 Å². The highest BCUT2D eigenvalue weighted by molar-refractivity contribution is 14.1. The first-order chi connectivity index (χ1) is 13.0. The Balaban J connectivity index is 1.92. The fourth-order valence-electron chi connectivity index (χ4n) is 2.97. The predicted octanol–water partition coefficient (Wildman–Crippen LogP) is 5.04. The van der Waals surface area contributed by atoms with Gasteiger partial charge in [0.1, 0.15) is 11.6 Å². The Morgan fingerprint density at radius 2 is 1.85 bits per heavy atom. The summed E-state index contributed by atoms with van der Waals surface area (Å²) in [4.78, 5) is 8.80. The van der Waals surface area contributed by atoms with Gasteiger partial charge in [0.05, 0.1) is 22.7 Å². The van der Waals surface area contributed by atoms with Crippen LogP contribution in [0.4, 0.5) is 4.39 Å². The minimum Gasteiger partial charge on any atom is -0.392 e. The molecule has 2 aromatic carbocycles. The maximum absolute atomic E-state index is 14.0. The minimum absolute atomic E-state index is 0.0556. The molecule has 0 aliphatic heterocycles. The fourth-order valence-corrected chi connectivity index (χ4v) is 3.49. The number of hydrogen-bond acceptors (Lipinski definition) is 3. The first-order valence-corrected chi connectivity index (χ1v) is 9.65. The Bertz CT molecular complexity index is 1130. The zero-order valence-corrected chi connectivity index (χ0v) is 16.9. The SMILES string of the molecule is OCc1cncc(-c2nc3cc(F)c(Cl)cc3n2Cc2ccc(I)cc2)c1. The lowest BCUT2D eigenvalue weighted by Gasteiger charge is -2.10. The van der Waals surface area contributed by atoms with Crippen molar-refractivity contribution in [2.45, 2.75) is 13.2 Å². The van der Waals surface area contributed by atoms with E-state index < -0.39 is 5.82 Å². The summed E-state index contributed by atoms with van der Waals surface area (Å²) in [6.45, 7) is 0.437. The number of rotatable bonds is 4. The van der Waals surface area contributed by atoms with Gasteiger partial charge in [-0.2, -0.15) is 0 Å². The van der Waals surface area contributed by atoms with Crippen LogP contribution in [0, 0.1) is 9.39 Å². The number of aliphatic hydroxyl groups excluding tert-OH is 1. The molecule has 4 aromatic rings. The summed E-state index contributed by atoms with van der Waals surface area (Å²) < 4.78 is 17.1. The lowest BCUT2D eigenvalue weighted by molar-refractivity contribution is 0.281. The highest BCUT2D eigenvalue weighted by Gasteiger charge is 2.16. The number of hydrogen-bond donors (Lipinski definition) is 1. The van der Waals surface area contributed by atoms with E-state index in [-0.39, 0.29) is 11.6 Å². The van der Waals surface area contributed by atoms with E-state index in [2.05, 4.69) is 32.6 Å². The maximum Gasteiger partial charge on any atom is 0.144 e. The molecule has 0 saturated heterocycles. The standard InChI is InChI=1S/C20H14ClFIN3O/c21-16-6-19-18(7-17(16)22)25-20(14-5-13(11-27)8-24-9-14)26(19)10-12-1-3-15(23)4-2-12/h1-9,27H,10-11H2. The number of aliphatic hydroxyl groups is 1. The molecule has 0 aliphatic rings. The summed E-state index contributed by atoms with van der Waals surface area (Å²) in [5, 5.41) is 9.47.